The van der Waals surface area contributed by atoms with Gasteiger partial charge in [-0.1, -0.05) is 0 Å². The lowest BCUT2D eigenvalue weighted by atomic mass is 10.9. The van der Waals surface area contributed by atoms with Crippen LogP contribution in [0.4, 0.5) is 0 Å². The summed E-state index contributed by atoms with van der Waals surface area (Å²) in [5.41, 5.74) is -1.97. The molecule has 0 radical (unpaired) electrons. The molecule has 8 heavy (non-hydrogen) atoms. The lowest BCUT2D eigenvalue weighted by Gasteiger charge is -2.09. The second-order valence-electron chi connectivity index (χ2n) is 1.10. The van der Waals surface area contributed by atoms with E-state index < -0.39 is 21.4 Å². The van der Waals surface area contributed by atoms with Crippen LogP contribution in [0.15, 0.2) is 0 Å². The van der Waals surface area contributed by atoms with Crippen molar-refractivity contribution in [2.75, 3.05) is 5.88 Å². The van der Waals surface area contributed by atoms with Crippen molar-refractivity contribution >= 4 is 21.7 Å². The van der Waals surface area contributed by atoms with Crippen LogP contribution in [0.2, 0.25) is 0 Å². The fraction of sp³-hybridized carbons (Fsp3) is 1.00. The van der Waals surface area contributed by atoms with Crippen LogP contribution in [0.1, 0.15) is 0 Å². The van der Waals surface area contributed by atoms with E-state index in [0.29, 0.717) is 0 Å². The topological polar surface area (TPSA) is 77.4 Å². The molecule has 0 aliphatic carbocycles. The van der Waals surface area contributed by atoms with Crippen molar-refractivity contribution in [1.29, 1.82) is 0 Å². The molecule has 0 saturated carbocycles. The number of aliphatic hydroxyl groups excluding tert-OH is 1. The van der Waals surface area contributed by atoms with Gasteiger partial charge in [-0.05, 0) is 0 Å². The van der Waals surface area contributed by atoms with Gasteiger partial charge in [-0.2, -0.15) is 0 Å². The highest BCUT2D eigenvalue weighted by Crippen LogP contribution is 1.94. The molecule has 1 N–H and O–H groups in total. The van der Waals surface area contributed by atoms with Gasteiger partial charge in [-0.25, -0.2) is 8.42 Å². The second-order valence-corrected chi connectivity index (χ2v) is 2.94. The fourth-order valence-corrected chi connectivity index (χ4v) is 0.694. The Hall–Kier alpha value is 0.160. The van der Waals surface area contributed by atoms with E-state index in [9.17, 15) is 13.0 Å². The molecular formula is C2H4ClO4S-. The largest absolute Gasteiger partial charge is 0.746 e. The Morgan fingerprint density at radius 1 is 1.75 bits per heavy atom. The summed E-state index contributed by atoms with van der Waals surface area (Å²) in [4.78, 5) is 0. The van der Waals surface area contributed by atoms with Gasteiger partial charge < -0.3 is 9.66 Å². The highest BCUT2D eigenvalue weighted by Gasteiger charge is 2.07. The van der Waals surface area contributed by atoms with E-state index in [4.69, 9.17) is 16.7 Å². The Labute approximate surface area is 51.8 Å². The smallest absolute Gasteiger partial charge is 0.156 e. The van der Waals surface area contributed by atoms with Gasteiger partial charge in [0.1, 0.15) is 10.1 Å². The molecule has 0 aliphatic rings. The summed E-state index contributed by atoms with van der Waals surface area (Å²) in [6.07, 6.45) is 0. The lowest BCUT2D eigenvalue weighted by molar-refractivity contribution is 0.252. The van der Waals surface area contributed by atoms with E-state index in [1.54, 1.807) is 0 Å². The van der Waals surface area contributed by atoms with Crippen LogP contribution in [0.25, 0.3) is 0 Å². The maximum absolute atomic E-state index is 9.67. The maximum Gasteiger partial charge on any atom is 0.156 e. The van der Waals surface area contributed by atoms with Gasteiger partial charge in [0, 0.05) is 0 Å². The predicted molar refractivity (Wildman–Crippen MR) is 26.4 cm³/mol. The molecule has 0 aliphatic heterocycles. The third-order valence-corrected chi connectivity index (χ3v) is 1.77. The van der Waals surface area contributed by atoms with Gasteiger partial charge >= 0.3 is 0 Å². The summed E-state index contributed by atoms with van der Waals surface area (Å²) < 4.78 is 29.0. The van der Waals surface area contributed by atoms with Crippen molar-refractivity contribution in [3.63, 3.8) is 0 Å². The normalized spacial score (nSPS) is 15.9. The third-order valence-electron chi connectivity index (χ3n) is 0.465. The molecule has 0 spiro atoms. The highest BCUT2D eigenvalue weighted by molar-refractivity contribution is 7.86. The van der Waals surface area contributed by atoms with Crippen molar-refractivity contribution in [2.24, 2.45) is 0 Å². The first kappa shape index (κ1) is 8.16. The van der Waals surface area contributed by atoms with Crippen LogP contribution < -0.4 is 0 Å². The SMILES string of the molecule is O=S(=O)([O-])[C@H](O)CCl. The number of hydrogen-bond acceptors (Lipinski definition) is 4. The fourth-order valence-electron chi connectivity index (χ4n) is 0.0772. The van der Waals surface area contributed by atoms with Gasteiger partial charge in [-0.15, -0.1) is 11.6 Å². The zero-order valence-corrected chi connectivity index (χ0v) is 5.32. The molecule has 0 amide bonds. The van der Waals surface area contributed by atoms with E-state index in [1.807, 2.05) is 0 Å². The van der Waals surface area contributed by atoms with Crippen LogP contribution in [-0.2, 0) is 10.1 Å². The number of aliphatic hydroxyl groups is 1. The zero-order chi connectivity index (χ0) is 6.78. The van der Waals surface area contributed by atoms with E-state index in [0.717, 1.165) is 0 Å². The van der Waals surface area contributed by atoms with Gasteiger partial charge in [0.2, 0.25) is 0 Å². The molecule has 1 atom stereocenters. The lowest BCUT2D eigenvalue weighted by Crippen LogP contribution is -2.21. The minimum absolute atomic E-state index is 0.578. The molecule has 0 heterocycles. The first-order valence-corrected chi connectivity index (χ1v) is 3.68. The molecule has 6 heteroatoms. The number of rotatable bonds is 2. The molecular weight excluding hydrogens is 156 g/mol. The first-order valence-electron chi connectivity index (χ1n) is 1.67. The Morgan fingerprint density at radius 2 is 2.12 bits per heavy atom. The first-order chi connectivity index (χ1) is 3.48. The van der Waals surface area contributed by atoms with Crippen molar-refractivity contribution in [1.82, 2.24) is 0 Å². The van der Waals surface area contributed by atoms with Gasteiger partial charge in [0.25, 0.3) is 0 Å². The average Bonchev–Trinajstić information content (AvgIpc) is 1.62. The number of alkyl halides is 1. The number of hydrogen-bond donors (Lipinski definition) is 1. The van der Waals surface area contributed by atoms with Gasteiger partial charge in [0.15, 0.2) is 5.44 Å². The molecule has 0 rings (SSSR count). The Kier molecular flexibility index (Phi) is 2.68. The minimum atomic E-state index is -4.58. The van der Waals surface area contributed by atoms with Crippen LogP contribution >= 0.6 is 11.6 Å². The van der Waals surface area contributed by atoms with Crippen molar-refractivity contribution in [3.05, 3.63) is 0 Å². The van der Waals surface area contributed by atoms with Gasteiger partial charge in [-0.3, -0.25) is 0 Å². The summed E-state index contributed by atoms with van der Waals surface area (Å²) in [5.74, 6) is -0.578. The average molecular weight is 160 g/mol. The summed E-state index contributed by atoms with van der Waals surface area (Å²) in [5, 5.41) is 8.16. The van der Waals surface area contributed by atoms with E-state index in [2.05, 4.69) is 0 Å². The summed E-state index contributed by atoms with van der Waals surface area (Å²) in [6.45, 7) is 0. The van der Waals surface area contributed by atoms with Crippen LogP contribution in [-0.4, -0.2) is 29.4 Å². The quantitative estimate of drug-likeness (QED) is 0.418. The molecule has 0 unspecified atom stereocenters. The van der Waals surface area contributed by atoms with E-state index >= 15 is 0 Å². The molecule has 0 saturated heterocycles. The van der Waals surface area contributed by atoms with Crippen molar-refractivity contribution in [2.45, 2.75) is 5.44 Å². The molecule has 0 bridgehead atoms. The van der Waals surface area contributed by atoms with Crippen molar-refractivity contribution < 1.29 is 18.1 Å². The molecule has 0 aromatic carbocycles. The maximum atomic E-state index is 9.67. The molecule has 0 fully saturated rings. The second kappa shape index (κ2) is 2.63. The van der Waals surface area contributed by atoms with Gasteiger partial charge in [0.05, 0.1) is 5.88 Å². The monoisotopic (exact) mass is 159 g/mol. The molecule has 0 aromatic heterocycles. The summed E-state index contributed by atoms with van der Waals surface area (Å²) >= 11 is 4.81. The summed E-state index contributed by atoms with van der Waals surface area (Å²) in [6, 6.07) is 0. The van der Waals surface area contributed by atoms with Crippen LogP contribution in [0.3, 0.4) is 0 Å². The standard InChI is InChI=1S/C2H5ClO4S/c3-1-2(4)8(5,6)7/h2,4H,1H2,(H,5,6,7)/p-1/t2-/m0/s1. The van der Waals surface area contributed by atoms with Crippen molar-refractivity contribution in [3.8, 4) is 0 Å². The van der Waals surface area contributed by atoms with Crippen LogP contribution in [0.5, 0.6) is 0 Å². The molecule has 4 nitrogen and oxygen atoms in total. The third kappa shape index (κ3) is 2.46. The molecule has 0 aromatic rings. The zero-order valence-electron chi connectivity index (χ0n) is 3.74. The van der Waals surface area contributed by atoms with E-state index in [1.165, 1.54) is 0 Å². The molecule has 50 valence electrons. The Bertz CT molecular complexity index is 149. The highest BCUT2D eigenvalue weighted by atomic mass is 35.5. The number of halogens is 1. The van der Waals surface area contributed by atoms with Crippen LogP contribution in [0, 0.1) is 0 Å². The van der Waals surface area contributed by atoms with E-state index in [-0.39, 0.29) is 0 Å². The summed E-state index contributed by atoms with van der Waals surface area (Å²) in [7, 11) is -4.58. The minimum Gasteiger partial charge on any atom is -0.746 e. The predicted octanol–water partition coefficient (Wildman–Crippen LogP) is -0.911. The Morgan fingerprint density at radius 3 is 2.12 bits per heavy atom. The Balaban J connectivity index is 4.04.